The van der Waals surface area contributed by atoms with Crippen LogP contribution in [0.1, 0.15) is 15.2 Å². The Hall–Kier alpha value is -1.27. The SMILES string of the molecule is CN(Cc1cc(Br)cs1)C(=O)c1cc(F)ccc1F. The maximum absolute atomic E-state index is 13.5. The first-order chi connectivity index (χ1) is 8.97. The van der Waals surface area contributed by atoms with Crippen LogP contribution in [0.5, 0.6) is 0 Å². The van der Waals surface area contributed by atoms with E-state index in [4.69, 9.17) is 0 Å². The fourth-order valence-electron chi connectivity index (χ4n) is 1.61. The van der Waals surface area contributed by atoms with Crippen molar-refractivity contribution >= 4 is 33.2 Å². The second kappa shape index (κ2) is 5.79. The molecule has 100 valence electrons. The van der Waals surface area contributed by atoms with E-state index in [1.807, 2.05) is 11.4 Å². The van der Waals surface area contributed by atoms with Gasteiger partial charge in [-0.15, -0.1) is 11.3 Å². The molecule has 19 heavy (non-hydrogen) atoms. The van der Waals surface area contributed by atoms with Gasteiger partial charge < -0.3 is 4.90 Å². The van der Waals surface area contributed by atoms with Gasteiger partial charge in [0, 0.05) is 21.8 Å². The van der Waals surface area contributed by atoms with Crippen LogP contribution in [0.25, 0.3) is 0 Å². The Kier molecular flexibility index (Phi) is 4.31. The summed E-state index contributed by atoms with van der Waals surface area (Å²) in [6.07, 6.45) is 0. The van der Waals surface area contributed by atoms with E-state index in [2.05, 4.69) is 15.9 Å². The first kappa shape index (κ1) is 14.1. The molecule has 2 nitrogen and oxygen atoms in total. The smallest absolute Gasteiger partial charge is 0.257 e. The van der Waals surface area contributed by atoms with Gasteiger partial charge in [-0.3, -0.25) is 4.79 Å². The fraction of sp³-hybridized carbons (Fsp3) is 0.154. The molecule has 6 heteroatoms. The first-order valence-corrected chi connectivity index (χ1v) is 7.08. The summed E-state index contributed by atoms with van der Waals surface area (Å²) >= 11 is 4.81. The second-order valence-electron chi connectivity index (χ2n) is 4.02. The van der Waals surface area contributed by atoms with Gasteiger partial charge in [0.2, 0.25) is 0 Å². The molecule has 0 unspecified atom stereocenters. The molecule has 2 aromatic rings. The van der Waals surface area contributed by atoms with Gasteiger partial charge in [-0.2, -0.15) is 0 Å². The van der Waals surface area contributed by atoms with Gasteiger partial charge in [-0.25, -0.2) is 8.78 Å². The second-order valence-corrected chi connectivity index (χ2v) is 5.93. The van der Waals surface area contributed by atoms with Crippen LogP contribution in [-0.2, 0) is 6.54 Å². The van der Waals surface area contributed by atoms with Gasteiger partial charge in [-0.1, -0.05) is 0 Å². The summed E-state index contributed by atoms with van der Waals surface area (Å²) in [6, 6.07) is 4.75. The molecule has 0 saturated carbocycles. The molecular weight excluding hydrogens is 336 g/mol. The van der Waals surface area contributed by atoms with E-state index in [-0.39, 0.29) is 5.56 Å². The molecule has 0 saturated heterocycles. The van der Waals surface area contributed by atoms with E-state index in [1.54, 1.807) is 7.05 Å². The van der Waals surface area contributed by atoms with Crippen molar-refractivity contribution in [2.45, 2.75) is 6.54 Å². The molecule has 2 rings (SSSR count). The summed E-state index contributed by atoms with van der Waals surface area (Å²) < 4.78 is 27.5. The van der Waals surface area contributed by atoms with E-state index >= 15 is 0 Å². The zero-order valence-electron chi connectivity index (χ0n) is 9.99. The number of carbonyl (C=O) groups is 1. The van der Waals surface area contributed by atoms with Crippen molar-refractivity contribution in [2.24, 2.45) is 0 Å². The van der Waals surface area contributed by atoms with Crippen molar-refractivity contribution in [1.82, 2.24) is 4.90 Å². The number of benzene rings is 1. The van der Waals surface area contributed by atoms with Gasteiger partial charge in [0.15, 0.2) is 0 Å². The normalized spacial score (nSPS) is 10.5. The molecule has 0 radical (unpaired) electrons. The third kappa shape index (κ3) is 3.39. The minimum atomic E-state index is -0.717. The van der Waals surface area contributed by atoms with Gasteiger partial charge in [0.05, 0.1) is 12.1 Å². The van der Waals surface area contributed by atoms with Gasteiger partial charge in [-0.05, 0) is 40.2 Å². The first-order valence-electron chi connectivity index (χ1n) is 5.41. The topological polar surface area (TPSA) is 20.3 Å². The Labute approximate surface area is 121 Å². The molecule has 1 amide bonds. The maximum Gasteiger partial charge on any atom is 0.257 e. The average molecular weight is 346 g/mol. The molecule has 0 aliphatic rings. The third-order valence-corrected chi connectivity index (χ3v) is 4.20. The van der Waals surface area contributed by atoms with E-state index in [1.165, 1.54) is 16.2 Å². The lowest BCUT2D eigenvalue weighted by Gasteiger charge is -2.16. The van der Waals surface area contributed by atoms with Gasteiger partial charge >= 0.3 is 0 Å². The summed E-state index contributed by atoms with van der Waals surface area (Å²) in [5.41, 5.74) is -0.252. The predicted octanol–water partition coefficient (Wildman–Crippen LogP) is 4.06. The van der Waals surface area contributed by atoms with Crippen molar-refractivity contribution in [3.8, 4) is 0 Å². The Morgan fingerprint density at radius 1 is 1.37 bits per heavy atom. The van der Waals surface area contributed by atoms with Crippen LogP contribution in [0.4, 0.5) is 8.78 Å². The van der Waals surface area contributed by atoms with Crippen molar-refractivity contribution in [3.05, 3.63) is 56.2 Å². The molecule has 0 aliphatic heterocycles. The number of halogens is 3. The summed E-state index contributed by atoms with van der Waals surface area (Å²) in [5.74, 6) is -1.89. The molecule has 0 N–H and O–H groups in total. The molecule has 1 heterocycles. The quantitative estimate of drug-likeness (QED) is 0.821. The van der Waals surface area contributed by atoms with E-state index < -0.39 is 17.5 Å². The van der Waals surface area contributed by atoms with Crippen LogP contribution in [0, 0.1) is 11.6 Å². The summed E-state index contributed by atoms with van der Waals surface area (Å²) in [7, 11) is 1.56. The monoisotopic (exact) mass is 345 g/mol. The summed E-state index contributed by atoms with van der Waals surface area (Å²) in [6.45, 7) is 0.352. The number of carbonyl (C=O) groups excluding carboxylic acids is 1. The van der Waals surface area contributed by atoms with Crippen LogP contribution in [-0.4, -0.2) is 17.9 Å². The van der Waals surface area contributed by atoms with Crippen LogP contribution in [0.2, 0.25) is 0 Å². The maximum atomic E-state index is 13.5. The Morgan fingerprint density at radius 2 is 2.11 bits per heavy atom. The van der Waals surface area contributed by atoms with E-state index in [9.17, 15) is 13.6 Å². The van der Waals surface area contributed by atoms with Crippen LogP contribution < -0.4 is 0 Å². The highest BCUT2D eigenvalue weighted by Gasteiger charge is 2.17. The zero-order chi connectivity index (χ0) is 14.0. The molecule has 0 fully saturated rings. The number of amides is 1. The minimum Gasteiger partial charge on any atom is -0.336 e. The molecule has 0 bridgehead atoms. The fourth-order valence-corrected chi connectivity index (χ4v) is 3.11. The van der Waals surface area contributed by atoms with Gasteiger partial charge in [0.25, 0.3) is 5.91 Å². The van der Waals surface area contributed by atoms with Crippen molar-refractivity contribution in [2.75, 3.05) is 7.05 Å². The van der Waals surface area contributed by atoms with Crippen LogP contribution in [0.15, 0.2) is 34.1 Å². The number of thiophene rings is 1. The standard InChI is InChI=1S/C13H10BrF2NOS/c1-17(6-10-4-8(14)7-19-10)13(18)11-5-9(15)2-3-12(11)16/h2-5,7H,6H2,1H3. The highest BCUT2D eigenvalue weighted by atomic mass is 79.9. The molecule has 1 aromatic carbocycles. The average Bonchev–Trinajstić information content (AvgIpc) is 2.77. The van der Waals surface area contributed by atoms with Crippen molar-refractivity contribution < 1.29 is 13.6 Å². The van der Waals surface area contributed by atoms with E-state index in [0.29, 0.717) is 6.54 Å². The highest BCUT2D eigenvalue weighted by molar-refractivity contribution is 9.10. The zero-order valence-corrected chi connectivity index (χ0v) is 12.4. The summed E-state index contributed by atoms with van der Waals surface area (Å²) in [5, 5.41) is 1.90. The number of nitrogens with zero attached hydrogens (tertiary/aromatic N) is 1. The Morgan fingerprint density at radius 3 is 2.74 bits per heavy atom. The van der Waals surface area contributed by atoms with Crippen molar-refractivity contribution in [1.29, 1.82) is 0 Å². The van der Waals surface area contributed by atoms with Crippen LogP contribution >= 0.6 is 27.3 Å². The number of rotatable bonds is 3. The largest absolute Gasteiger partial charge is 0.336 e. The molecule has 0 atom stereocenters. The van der Waals surface area contributed by atoms with Gasteiger partial charge in [0.1, 0.15) is 11.6 Å². The predicted molar refractivity (Wildman–Crippen MR) is 74.2 cm³/mol. The lowest BCUT2D eigenvalue weighted by molar-refractivity contribution is 0.0781. The Balaban J connectivity index is 2.16. The Bertz CT molecular complexity index is 614. The highest BCUT2D eigenvalue weighted by Crippen LogP contribution is 2.21. The molecular formula is C13H10BrF2NOS. The number of hydrogen-bond acceptors (Lipinski definition) is 2. The summed E-state index contributed by atoms with van der Waals surface area (Å²) in [4.78, 5) is 14.4. The minimum absolute atomic E-state index is 0.252. The molecule has 1 aromatic heterocycles. The lowest BCUT2D eigenvalue weighted by Crippen LogP contribution is -2.26. The molecule has 0 spiro atoms. The van der Waals surface area contributed by atoms with Crippen molar-refractivity contribution in [3.63, 3.8) is 0 Å². The third-order valence-electron chi connectivity index (χ3n) is 2.52. The molecule has 0 aliphatic carbocycles. The van der Waals surface area contributed by atoms with Crippen LogP contribution in [0.3, 0.4) is 0 Å². The lowest BCUT2D eigenvalue weighted by atomic mass is 10.2. The van der Waals surface area contributed by atoms with E-state index in [0.717, 1.165) is 27.5 Å². The number of hydrogen-bond donors (Lipinski definition) is 0.